The van der Waals surface area contributed by atoms with Gasteiger partial charge in [0.25, 0.3) is 0 Å². The SMILES string of the molecule is CCCC(=O)OC(=O)COc1ccccc1. The zero-order chi connectivity index (χ0) is 11.8. The predicted molar refractivity (Wildman–Crippen MR) is 57.9 cm³/mol. The molecule has 1 aromatic carbocycles. The number of benzene rings is 1. The molecule has 0 aliphatic rings. The van der Waals surface area contributed by atoms with E-state index in [1.54, 1.807) is 24.3 Å². The summed E-state index contributed by atoms with van der Waals surface area (Å²) >= 11 is 0. The fourth-order valence-electron chi connectivity index (χ4n) is 1.07. The van der Waals surface area contributed by atoms with E-state index in [1.807, 2.05) is 13.0 Å². The Bertz CT molecular complexity index is 345. The first-order valence-electron chi connectivity index (χ1n) is 5.13. The van der Waals surface area contributed by atoms with Gasteiger partial charge in [0.15, 0.2) is 6.61 Å². The molecule has 0 atom stereocenters. The summed E-state index contributed by atoms with van der Waals surface area (Å²) in [4.78, 5) is 22.1. The quantitative estimate of drug-likeness (QED) is 0.564. The minimum atomic E-state index is -0.665. The number of rotatable bonds is 5. The Morgan fingerprint density at radius 3 is 2.44 bits per heavy atom. The van der Waals surface area contributed by atoms with Crippen molar-refractivity contribution in [3.8, 4) is 5.75 Å². The van der Waals surface area contributed by atoms with Crippen molar-refractivity contribution in [1.82, 2.24) is 0 Å². The summed E-state index contributed by atoms with van der Waals surface area (Å²) in [5.41, 5.74) is 0. The van der Waals surface area contributed by atoms with Crippen molar-refractivity contribution in [3.63, 3.8) is 0 Å². The summed E-state index contributed by atoms with van der Waals surface area (Å²) < 4.78 is 9.63. The average molecular weight is 222 g/mol. The number of carbonyl (C=O) groups is 2. The molecule has 0 N–H and O–H groups in total. The van der Waals surface area contributed by atoms with Gasteiger partial charge >= 0.3 is 11.9 Å². The van der Waals surface area contributed by atoms with Gasteiger partial charge in [-0.05, 0) is 18.6 Å². The summed E-state index contributed by atoms with van der Waals surface area (Å²) in [6.45, 7) is 1.59. The Morgan fingerprint density at radius 2 is 1.81 bits per heavy atom. The third kappa shape index (κ3) is 4.59. The first kappa shape index (κ1) is 12.2. The van der Waals surface area contributed by atoms with Crippen molar-refractivity contribution < 1.29 is 19.1 Å². The van der Waals surface area contributed by atoms with Crippen LogP contribution >= 0.6 is 0 Å². The fraction of sp³-hybridized carbons (Fsp3) is 0.333. The Kier molecular flexibility index (Phi) is 5.05. The number of carbonyl (C=O) groups excluding carboxylic acids is 2. The molecule has 86 valence electrons. The van der Waals surface area contributed by atoms with Crippen molar-refractivity contribution in [2.75, 3.05) is 6.61 Å². The summed E-state index contributed by atoms with van der Waals surface area (Å²) in [6.07, 6.45) is 0.905. The Labute approximate surface area is 94.2 Å². The lowest BCUT2D eigenvalue weighted by atomic mass is 10.3. The van der Waals surface area contributed by atoms with Gasteiger partial charge < -0.3 is 9.47 Å². The molecule has 0 saturated carbocycles. The van der Waals surface area contributed by atoms with E-state index < -0.39 is 11.9 Å². The van der Waals surface area contributed by atoms with Gasteiger partial charge in [-0.25, -0.2) is 4.79 Å². The van der Waals surface area contributed by atoms with E-state index in [2.05, 4.69) is 4.74 Å². The van der Waals surface area contributed by atoms with E-state index in [4.69, 9.17) is 4.74 Å². The van der Waals surface area contributed by atoms with Crippen molar-refractivity contribution >= 4 is 11.9 Å². The van der Waals surface area contributed by atoms with Crippen LogP contribution < -0.4 is 4.74 Å². The molecule has 0 saturated heterocycles. The molecule has 1 aromatic rings. The Balaban J connectivity index is 2.28. The minimum Gasteiger partial charge on any atom is -0.482 e. The topological polar surface area (TPSA) is 52.6 Å². The third-order valence-corrected chi connectivity index (χ3v) is 1.78. The van der Waals surface area contributed by atoms with Crippen molar-refractivity contribution in [2.45, 2.75) is 19.8 Å². The van der Waals surface area contributed by atoms with Gasteiger partial charge in [-0.3, -0.25) is 4.79 Å². The summed E-state index contributed by atoms with van der Waals surface area (Å²) in [5.74, 6) is -0.603. The van der Waals surface area contributed by atoms with E-state index in [0.717, 1.165) is 0 Å². The van der Waals surface area contributed by atoms with Crippen LogP contribution in [0.5, 0.6) is 5.75 Å². The molecule has 0 aliphatic heterocycles. The van der Waals surface area contributed by atoms with Gasteiger partial charge in [0.2, 0.25) is 0 Å². The zero-order valence-corrected chi connectivity index (χ0v) is 9.14. The molecule has 1 rings (SSSR count). The second-order valence-corrected chi connectivity index (χ2v) is 3.20. The molecule has 0 spiro atoms. The molecule has 0 heterocycles. The highest BCUT2D eigenvalue weighted by molar-refractivity contribution is 5.86. The smallest absolute Gasteiger partial charge is 0.351 e. The van der Waals surface area contributed by atoms with Crippen LogP contribution in [0.3, 0.4) is 0 Å². The van der Waals surface area contributed by atoms with Gasteiger partial charge in [0.1, 0.15) is 5.75 Å². The average Bonchev–Trinajstić information content (AvgIpc) is 2.28. The van der Waals surface area contributed by atoms with Crippen molar-refractivity contribution in [2.24, 2.45) is 0 Å². The van der Waals surface area contributed by atoms with E-state index in [0.29, 0.717) is 12.2 Å². The number of para-hydroxylation sites is 1. The first-order valence-corrected chi connectivity index (χ1v) is 5.13. The van der Waals surface area contributed by atoms with E-state index in [1.165, 1.54) is 0 Å². The van der Waals surface area contributed by atoms with Gasteiger partial charge in [-0.15, -0.1) is 0 Å². The highest BCUT2D eigenvalue weighted by Gasteiger charge is 2.09. The Morgan fingerprint density at radius 1 is 1.12 bits per heavy atom. The predicted octanol–water partition coefficient (Wildman–Crippen LogP) is 1.94. The van der Waals surface area contributed by atoms with Gasteiger partial charge in [-0.1, -0.05) is 25.1 Å². The highest BCUT2D eigenvalue weighted by Crippen LogP contribution is 2.07. The molecule has 4 nitrogen and oxygen atoms in total. The lowest BCUT2D eigenvalue weighted by Gasteiger charge is -2.04. The molecule has 0 unspecified atom stereocenters. The van der Waals surface area contributed by atoms with Crippen LogP contribution in [-0.4, -0.2) is 18.5 Å². The van der Waals surface area contributed by atoms with Gasteiger partial charge in [0, 0.05) is 6.42 Å². The maximum atomic E-state index is 11.1. The van der Waals surface area contributed by atoms with Crippen LogP contribution in [0.1, 0.15) is 19.8 Å². The number of ether oxygens (including phenoxy) is 2. The number of esters is 2. The van der Waals surface area contributed by atoms with Crippen LogP contribution in [0.15, 0.2) is 30.3 Å². The number of hydrogen-bond acceptors (Lipinski definition) is 4. The molecule has 0 aromatic heterocycles. The molecule has 16 heavy (non-hydrogen) atoms. The normalized spacial score (nSPS) is 9.56. The molecular weight excluding hydrogens is 208 g/mol. The monoisotopic (exact) mass is 222 g/mol. The van der Waals surface area contributed by atoms with E-state index in [-0.39, 0.29) is 13.0 Å². The molecular formula is C12H14O4. The summed E-state index contributed by atoms with van der Waals surface area (Å²) in [5, 5.41) is 0. The van der Waals surface area contributed by atoms with Crippen LogP contribution in [0, 0.1) is 0 Å². The van der Waals surface area contributed by atoms with Crippen LogP contribution in [0.4, 0.5) is 0 Å². The third-order valence-electron chi connectivity index (χ3n) is 1.78. The van der Waals surface area contributed by atoms with Gasteiger partial charge in [-0.2, -0.15) is 0 Å². The van der Waals surface area contributed by atoms with E-state index in [9.17, 15) is 9.59 Å². The highest BCUT2D eigenvalue weighted by atomic mass is 16.6. The fourth-order valence-corrected chi connectivity index (χ4v) is 1.07. The van der Waals surface area contributed by atoms with Gasteiger partial charge in [0.05, 0.1) is 0 Å². The molecule has 4 heteroatoms. The maximum Gasteiger partial charge on any atom is 0.351 e. The lowest BCUT2D eigenvalue weighted by Crippen LogP contribution is -2.18. The van der Waals surface area contributed by atoms with Crippen LogP contribution in [-0.2, 0) is 14.3 Å². The molecule has 0 aliphatic carbocycles. The van der Waals surface area contributed by atoms with Crippen LogP contribution in [0.2, 0.25) is 0 Å². The molecule has 0 radical (unpaired) electrons. The Hall–Kier alpha value is -1.84. The maximum absolute atomic E-state index is 11.1. The van der Waals surface area contributed by atoms with Crippen LogP contribution in [0.25, 0.3) is 0 Å². The lowest BCUT2D eigenvalue weighted by molar-refractivity contribution is -0.161. The van der Waals surface area contributed by atoms with Crippen molar-refractivity contribution in [1.29, 1.82) is 0 Å². The van der Waals surface area contributed by atoms with E-state index >= 15 is 0 Å². The van der Waals surface area contributed by atoms with Crippen molar-refractivity contribution in [3.05, 3.63) is 30.3 Å². The second-order valence-electron chi connectivity index (χ2n) is 3.20. The molecule has 0 bridgehead atoms. The molecule has 0 fully saturated rings. The first-order chi connectivity index (χ1) is 7.72. The largest absolute Gasteiger partial charge is 0.482 e. The number of hydrogen-bond donors (Lipinski definition) is 0. The second kappa shape index (κ2) is 6.61. The summed E-state index contributed by atoms with van der Waals surface area (Å²) in [6, 6.07) is 8.88. The molecule has 0 amide bonds. The standard InChI is InChI=1S/C12H14O4/c1-2-6-11(13)16-12(14)9-15-10-7-4-3-5-8-10/h3-5,7-8H,2,6,9H2,1H3. The minimum absolute atomic E-state index is 0.247. The zero-order valence-electron chi connectivity index (χ0n) is 9.14. The summed E-state index contributed by atoms with van der Waals surface area (Å²) in [7, 11) is 0.